The van der Waals surface area contributed by atoms with Gasteiger partial charge in [0.05, 0.1) is 12.2 Å². The summed E-state index contributed by atoms with van der Waals surface area (Å²) in [5, 5.41) is 0. The van der Waals surface area contributed by atoms with Crippen LogP contribution in [-0.2, 0) is 4.79 Å². The first kappa shape index (κ1) is 23.3. The van der Waals surface area contributed by atoms with Gasteiger partial charge in [0.1, 0.15) is 11.5 Å². The molecule has 3 aromatic rings. The number of nitrogens with one attached hydrogen (secondary N) is 2. The Morgan fingerprint density at radius 3 is 2.34 bits per heavy atom. The number of para-hydroxylation sites is 1. The number of rotatable bonds is 8. The summed E-state index contributed by atoms with van der Waals surface area (Å²) in [6, 6.07) is 22.4. The fourth-order valence-electron chi connectivity index (χ4n) is 2.88. The number of carbonyl (C=O) groups is 2. The molecule has 6 nitrogen and oxygen atoms in total. The Morgan fingerprint density at radius 2 is 1.59 bits per heavy atom. The largest absolute Gasteiger partial charge is 0.492 e. The van der Waals surface area contributed by atoms with Crippen molar-refractivity contribution in [3.63, 3.8) is 0 Å². The van der Waals surface area contributed by atoms with Gasteiger partial charge in [-0.15, -0.1) is 0 Å². The monoisotopic (exact) mass is 496 g/mol. The van der Waals surface area contributed by atoms with Gasteiger partial charge in [-0.05, 0) is 35.7 Å². The smallest absolute Gasteiger partial charge is 0.276 e. The maximum Gasteiger partial charge on any atom is 0.276 e. The second-order valence-electron chi connectivity index (χ2n) is 7.50. The zero-order chi connectivity index (χ0) is 22.9. The second-order valence-corrected chi connectivity index (χ2v) is 8.41. The molecule has 166 valence electrons. The lowest BCUT2D eigenvalue weighted by Crippen LogP contribution is -2.44. The van der Waals surface area contributed by atoms with Crippen LogP contribution in [0, 0.1) is 5.92 Å². The highest BCUT2D eigenvalue weighted by Crippen LogP contribution is 2.29. The van der Waals surface area contributed by atoms with Gasteiger partial charge in [0.15, 0.2) is 6.61 Å². The molecule has 0 saturated heterocycles. The first-order valence-corrected chi connectivity index (χ1v) is 11.0. The van der Waals surface area contributed by atoms with Gasteiger partial charge < -0.3 is 9.47 Å². The van der Waals surface area contributed by atoms with Crippen LogP contribution in [0.4, 0.5) is 0 Å². The Balaban J connectivity index is 1.59. The minimum atomic E-state index is -0.485. The van der Waals surface area contributed by atoms with Gasteiger partial charge in [-0.3, -0.25) is 20.4 Å². The van der Waals surface area contributed by atoms with Crippen LogP contribution < -0.4 is 20.3 Å². The molecule has 0 saturated carbocycles. The van der Waals surface area contributed by atoms with Crippen LogP contribution in [0.1, 0.15) is 24.2 Å². The van der Waals surface area contributed by atoms with E-state index < -0.39 is 11.8 Å². The van der Waals surface area contributed by atoms with Crippen LogP contribution in [0.2, 0.25) is 0 Å². The average Bonchev–Trinajstić information content (AvgIpc) is 2.81. The van der Waals surface area contributed by atoms with Crippen molar-refractivity contribution in [1.29, 1.82) is 0 Å². The number of benzene rings is 3. The Hall–Kier alpha value is -3.32. The third-order valence-electron chi connectivity index (χ3n) is 4.40. The summed E-state index contributed by atoms with van der Waals surface area (Å²) < 4.78 is 12.2. The Labute approximate surface area is 196 Å². The van der Waals surface area contributed by atoms with Crippen LogP contribution in [-0.4, -0.2) is 25.0 Å². The number of hydrazine groups is 1. The minimum absolute atomic E-state index is 0.251. The lowest BCUT2D eigenvalue weighted by molar-refractivity contribution is -0.123. The van der Waals surface area contributed by atoms with Crippen molar-refractivity contribution < 1.29 is 19.1 Å². The molecule has 7 heteroatoms. The molecule has 0 aliphatic rings. The number of hydrogen-bond acceptors (Lipinski definition) is 4. The van der Waals surface area contributed by atoms with E-state index in [0.717, 1.165) is 15.6 Å². The van der Waals surface area contributed by atoms with E-state index in [4.69, 9.17) is 9.47 Å². The maximum atomic E-state index is 12.6. The Kier molecular flexibility index (Phi) is 8.27. The van der Waals surface area contributed by atoms with E-state index in [2.05, 4.69) is 26.8 Å². The van der Waals surface area contributed by atoms with Crippen molar-refractivity contribution in [2.45, 2.75) is 13.8 Å². The van der Waals surface area contributed by atoms with E-state index in [-0.39, 0.29) is 6.61 Å². The first-order valence-electron chi connectivity index (χ1n) is 10.2. The summed E-state index contributed by atoms with van der Waals surface area (Å²) >= 11 is 3.36. The van der Waals surface area contributed by atoms with Crippen LogP contribution in [0.3, 0.4) is 0 Å². The third kappa shape index (κ3) is 6.59. The van der Waals surface area contributed by atoms with Crippen molar-refractivity contribution in [3.8, 4) is 22.6 Å². The van der Waals surface area contributed by atoms with Gasteiger partial charge >= 0.3 is 0 Å². The number of carbonyl (C=O) groups excluding carboxylic acids is 2. The summed E-state index contributed by atoms with van der Waals surface area (Å²) in [6.07, 6.45) is 0. The predicted octanol–water partition coefficient (Wildman–Crippen LogP) is 4.99. The van der Waals surface area contributed by atoms with E-state index in [0.29, 0.717) is 29.6 Å². The molecule has 0 spiro atoms. The van der Waals surface area contributed by atoms with E-state index in [1.165, 1.54) is 0 Å². The van der Waals surface area contributed by atoms with E-state index in [1.54, 1.807) is 24.3 Å². The van der Waals surface area contributed by atoms with Gasteiger partial charge in [-0.1, -0.05) is 78.3 Å². The zero-order valence-corrected chi connectivity index (χ0v) is 19.5. The molecule has 0 bridgehead atoms. The maximum absolute atomic E-state index is 12.6. The number of hydrogen-bond donors (Lipinski definition) is 2. The molecule has 0 radical (unpaired) electrons. The van der Waals surface area contributed by atoms with Gasteiger partial charge in [-0.2, -0.15) is 0 Å². The lowest BCUT2D eigenvalue weighted by Gasteiger charge is -2.15. The molecule has 3 rings (SSSR count). The van der Waals surface area contributed by atoms with Crippen LogP contribution in [0.25, 0.3) is 11.1 Å². The van der Waals surface area contributed by atoms with Crippen molar-refractivity contribution in [2.24, 2.45) is 5.92 Å². The van der Waals surface area contributed by atoms with Crippen LogP contribution in [0.5, 0.6) is 11.5 Å². The van der Waals surface area contributed by atoms with Crippen molar-refractivity contribution >= 4 is 27.7 Å². The molecule has 3 aromatic carbocycles. The normalized spacial score (nSPS) is 10.5. The van der Waals surface area contributed by atoms with E-state index in [9.17, 15) is 9.59 Å². The topological polar surface area (TPSA) is 76.7 Å². The summed E-state index contributed by atoms with van der Waals surface area (Å²) in [5.41, 5.74) is 6.99. The van der Waals surface area contributed by atoms with Gasteiger partial charge in [-0.25, -0.2) is 0 Å². The standard InChI is InChI=1S/C25H25BrN2O4/c1-17(2)15-31-23-13-12-19(26)14-21(23)25(30)28-27-24(29)16-32-22-11-7-6-10-20(22)18-8-4-3-5-9-18/h3-14,17H,15-16H2,1-2H3,(H,27,29)(H,28,30). The molecule has 2 N–H and O–H groups in total. The highest BCUT2D eigenvalue weighted by molar-refractivity contribution is 9.10. The number of ether oxygens (including phenoxy) is 2. The fraction of sp³-hybridized carbons (Fsp3) is 0.200. The average molecular weight is 497 g/mol. The lowest BCUT2D eigenvalue weighted by atomic mass is 10.1. The molecule has 0 aromatic heterocycles. The molecule has 2 amide bonds. The zero-order valence-electron chi connectivity index (χ0n) is 17.9. The van der Waals surface area contributed by atoms with Crippen LogP contribution >= 0.6 is 15.9 Å². The highest BCUT2D eigenvalue weighted by Gasteiger charge is 2.15. The van der Waals surface area contributed by atoms with Crippen molar-refractivity contribution in [3.05, 3.63) is 82.8 Å². The first-order chi connectivity index (χ1) is 15.4. The van der Waals surface area contributed by atoms with E-state index in [1.807, 2.05) is 62.4 Å². The molecule has 0 heterocycles. The van der Waals surface area contributed by atoms with Crippen LogP contribution in [0.15, 0.2) is 77.3 Å². The Morgan fingerprint density at radius 1 is 0.875 bits per heavy atom. The van der Waals surface area contributed by atoms with Gasteiger partial charge in [0, 0.05) is 10.0 Å². The summed E-state index contributed by atoms with van der Waals surface area (Å²) in [4.78, 5) is 24.9. The molecule has 0 unspecified atom stereocenters. The molecular weight excluding hydrogens is 472 g/mol. The quantitative estimate of drug-likeness (QED) is 0.430. The summed E-state index contributed by atoms with van der Waals surface area (Å²) in [7, 11) is 0. The molecule has 0 atom stereocenters. The molecule has 32 heavy (non-hydrogen) atoms. The van der Waals surface area contributed by atoms with Gasteiger partial charge in [0.2, 0.25) is 0 Å². The highest BCUT2D eigenvalue weighted by atomic mass is 79.9. The van der Waals surface area contributed by atoms with Crippen molar-refractivity contribution in [1.82, 2.24) is 10.9 Å². The second kappa shape index (κ2) is 11.3. The Bertz CT molecular complexity index is 1070. The molecule has 0 aliphatic carbocycles. The SMILES string of the molecule is CC(C)COc1ccc(Br)cc1C(=O)NNC(=O)COc1ccccc1-c1ccccc1. The van der Waals surface area contributed by atoms with E-state index >= 15 is 0 Å². The van der Waals surface area contributed by atoms with Crippen molar-refractivity contribution in [2.75, 3.05) is 13.2 Å². The summed E-state index contributed by atoms with van der Waals surface area (Å²) in [6.45, 7) is 4.27. The predicted molar refractivity (Wildman–Crippen MR) is 127 cm³/mol. The molecule has 0 fully saturated rings. The number of halogens is 1. The number of amides is 2. The molecular formula is C25H25BrN2O4. The summed E-state index contributed by atoms with van der Waals surface area (Å²) in [5.74, 6) is 0.368. The molecule has 0 aliphatic heterocycles. The fourth-order valence-corrected chi connectivity index (χ4v) is 3.24. The van der Waals surface area contributed by atoms with Gasteiger partial charge in [0.25, 0.3) is 11.8 Å². The minimum Gasteiger partial charge on any atom is -0.492 e. The third-order valence-corrected chi connectivity index (χ3v) is 4.90.